The minimum atomic E-state index is -0.901. The van der Waals surface area contributed by atoms with Crippen LogP contribution in [-0.2, 0) is 9.59 Å². The molecule has 0 aliphatic rings. The molecule has 0 spiro atoms. The zero-order valence-electron chi connectivity index (χ0n) is 10.4. The van der Waals surface area contributed by atoms with E-state index in [-0.39, 0.29) is 24.7 Å². The van der Waals surface area contributed by atoms with Gasteiger partial charge in [0.25, 0.3) is 0 Å². The first-order chi connectivity index (χ1) is 8.41. The average Bonchev–Trinajstić information content (AvgIpc) is 2.28. The molecule has 1 aromatic rings. The van der Waals surface area contributed by atoms with Gasteiger partial charge >= 0.3 is 5.97 Å². The molecule has 1 atom stereocenters. The monoisotopic (exact) mass is 313 g/mol. The number of hydrogen-bond acceptors (Lipinski definition) is 2. The number of aliphatic carboxylic acids is 1. The molecule has 1 amide bonds. The van der Waals surface area contributed by atoms with Crippen molar-refractivity contribution in [2.75, 3.05) is 14.1 Å². The standard InChI is InChI=1S/C13H16BrNO3/c1-15(2)12(16)7-9(8-13(17)18)10-5-3-4-6-11(10)14/h3-6,9H,7-8H2,1-2H3,(H,17,18). The van der Waals surface area contributed by atoms with Crippen LogP contribution in [0.3, 0.4) is 0 Å². The van der Waals surface area contributed by atoms with Gasteiger partial charge in [-0.1, -0.05) is 34.1 Å². The van der Waals surface area contributed by atoms with Crippen molar-refractivity contribution in [1.82, 2.24) is 4.90 Å². The molecule has 5 heteroatoms. The van der Waals surface area contributed by atoms with Crippen molar-refractivity contribution in [1.29, 1.82) is 0 Å². The molecule has 0 bridgehead atoms. The van der Waals surface area contributed by atoms with Gasteiger partial charge in [0.05, 0.1) is 6.42 Å². The summed E-state index contributed by atoms with van der Waals surface area (Å²) in [4.78, 5) is 24.1. The fourth-order valence-electron chi connectivity index (χ4n) is 1.70. The Morgan fingerprint density at radius 2 is 1.89 bits per heavy atom. The Kier molecular flexibility index (Phi) is 5.34. The van der Waals surface area contributed by atoms with E-state index in [1.54, 1.807) is 14.1 Å². The third kappa shape index (κ3) is 4.14. The maximum Gasteiger partial charge on any atom is 0.303 e. The molecular formula is C13H16BrNO3. The third-order valence-corrected chi connectivity index (χ3v) is 3.41. The van der Waals surface area contributed by atoms with E-state index in [2.05, 4.69) is 15.9 Å². The van der Waals surface area contributed by atoms with Gasteiger partial charge in [0.1, 0.15) is 0 Å². The Balaban J connectivity index is 2.95. The van der Waals surface area contributed by atoms with E-state index >= 15 is 0 Å². The summed E-state index contributed by atoms with van der Waals surface area (Å²) >= 11 is 3.40. The Bertz CT molecular complexity index is 446. The predicted octanol–water partition coefficient (Wildman–Crippen LogP) is 2.49. The molecule has 0 fully saturated rings. The first kappa shape index (κ1) is 14.7. The molecule has 1 unspecified atom stereocenters. The third-order valence-electron chi connectivity index (χ3n) is 2.69. The van der Waals surface area contributed by atoms with Crippen molar-refractivity contribution in [2.24, 2.45) is 0 Å². The van der Waals surface area contributed by atoms with Gasteiger partial charge in [0, 0.05) is 30.9 Å². The van der Waals surface area contributed by atoms with E-state index in [9.17, 15) is 9.59 Å². The predicted molar refractivity (Wildman–Crippen MR) is 72.4 cm³/mol. The summed E-state index contributed by atoms with van der Waals surface area (Å²) in [6.45, 7) is 0. The van der Waals surface area contributed by atoms with E-state index in [1.807, 2.05) is 24.3 Å². The second-order valence-corrected chi connectivity index (χ2v) is 5.16. The van der Waals surface area contributed by atoms with Crippen LogP contribution in [0.5, 0.6) is 0 Å². The molecule has 0 saturated carbocycles. The van der Waals surface area contributed by atoms with Crippen LogP contribution < -0.4 is 0 Å². The van der Waals surface area contributed by atoms with Crippen LogP contribution in [0.2, 0.25) is 0 Å². The number of halogens is 1. The average molecular weight is 314 g/mol. The Labute approximate surface area is 115 Å². The van der Waals surface area contributed by atoms with Crippen LogP contribution in [0, 0.1) is 0 Å². The summed E-state index contributed by atoms with van der Waals surface area (Å²) in [5.41, 5.74) is 0.857. The van der Waals surface area contributed by atoms with Gasteiger partial charge in [0.15, 0.2) is 0 Å². The molecule has 0 aliphatic carbocycles. The van der Waals surface area contributed by atoms with Gasteiger partial charge in [-0.2, -0.15) is 0 Å². The van der Waals surface area contributed by atoms with Crippen LogP contribution in [0.1, 0.15) is 24.3 Å². The molecule has 1 rings (SSSR count). The molecular weight excluding hydrogens is 298 g/mol. The largest absolute Gasteiger partial charge is 0.481 e. The van der Waals surface area contributed by atoms with Crippen LogP contribution in [-0.4, -0.2) is 36.0 Å². The lowest BCUT2D eigenvalue weighted by Gasteiger charge is -2.19. The molecule has 0 heterocycles. The maximum atomic E-state index is 11.7. The number of carbonyl (C=O) groups is 2. The number of nitrogens with zero attached hydrogens (tertiary/aromatic N) is 1. The van der Waals surface area contributed by atoms with E-state index in [4.69, 9.17) is 5.11 Å². The zero-order chi connectivity index (χ0) is 13.7. The lowest BCUT2D eigenvalue weighted by molar-refractivity contribution is -0.137. The van der Waals surface area contributed by atoms with Crippen molar-refractivity contribution < 1.29 is 14.7 Å². The fourth-order valence-corrected chi connectivity index (χ4v) is 2.31. The number of carboxylic acids is 1. The lowest BCUT2D eigenvalue weighted by Crippen LogP contribution is -2.24. The van der Waals surface area contributed by atoms with Gasteiger partial charge in [0.2, 0.25) is 5.91 Å². The summed E-state index contributed by atoms with van der Waals surface area (Å²) < 4.78 is 0.836. The number of rotatable bonds is 5. The molecule has 0 radical (unpaired) electrons. The number of carbonyl (C=O) groups excluding carboxylic acids is 1. The summed E-state index contributed by atoms with van der Waals surface area (Å²) in [5, 5.41) is 8.95. The van der Waals surface area contributed by atoms with Crippen molar-refractivity contribution in [3.63, 3.8) is 0 Å². The minimum Gasteiger partial charge on any atom is -0.481 e. The van der Waals surface area contributed by atoms with Crippen LogP contribution >= 0.6 is 15.9 Å². The summed E-state index contributed by atoms with van der Waals surface area (Å²) in [7, 11) is 3.33. The smallest absolute Gasteiger partial charge is 0.303 e. The topological polar surface area (TPSA) is 57.6 Å². The molecule has 0 aliphatic heterocycles. The van der Waals surface area contributed by atoms with Crippen molar-refractivity contribution in [3.8, 4) is 0 Å². The van der Waals surface area contributed by atoms with Crippen molar-refractivity contribution >= 4 is 27.8 Å². The van der Waals surface area contributed by atoms with Gasteiger partial charge in [-0.15, -0.1) is 0 Å². The van der Waals surface area contributed by atoms with Crippen molar-refractivity contribution in [3.05, 3.63) is 34.3 Å². The molecule has 0 aromatic heterocycles. The van der Waals surface area contributed by atoms with Gasteiger partial charge in [-0.05, 0) is 11.6 Å². The normalized spacial score (nSPS) is 11.9. The summed E-state index contributed by atoms with van der Waals surface area (Å²) in [6.07, 6.45) is 0.143. The fraction of sp³-hybridized carbons (Fsp3) is 0.385. The minimum absolute atomic E-state index is 0.0534. The quantitative estimate of drug-likeness (QED) is 0.908. The number of carboxylic acid groups (broad SMARTS) is 1. The second-order valence-electron chi connectivity index (χ2n) is 4.31. The highest BCUT2D eigenvalue weighted by Gasteiger charge is 2.21. The number of benzene rings is 1. The van der Waals surface area contributed by atoms with Gasteiger partial charge in [-0.3, -0.25) is 9.59 Å². The van der Waals surface area contributed by atoms with E-state index in [1.165, 1.54) is 4.90 Å². The Hall–Kier alpha value is -1.36. The lowest BCUT2D eigenvalue weighted by atomic mass is 9.92. The van der Waals surface area contributed by atoms with Crippen LogP contribution in [0.25, 0.3) is 0 Å². The Morgan fingerprint density at radius 3 is 2.39 bits per heavy atom. The van der Waals surface area contributed by atoms with E-state index in [0.717, 1.165) is 10.0 Å². The summed E-state index contributed by atoms with van der Waals surface area (Å²) in [5.74, 6) is -1.28. The maximum absolute atomic E-state index is 11.7. The first-order valence-electron chi connectivity index (χ1n) is 5.58. The van der Waals surface area contributed by atoms with Crippen LogP contribution in [0.4, 0.5) is 0 Å². The van der Waals surface area contributed by atoms with Crippen LogP contribution in [0.15, 0.2) is 28.7 Å². The highest BCUT2D eigenvalue weighted by Crippen LogP contribution is 2.30. The first-order valence-corrected chi connectivity index (χ1v) is 6.37. The highest BCUT2D eigenvalue weighted by molar-refractivity contribution is 9.10. The Morgan fingerprint density at radius 1 is 1.28 bits per heavy atom. The molecule has 98 valence electrons. The molecule has 1 N–H and O–H groups in total. The van der Waals surface area contributed by atoms with Gasteiger partial charge < -0.3 is 10.0 Å². The SMILES string of the molecule is CN(C)C(=O)CC(CC(=O)O)c1ccccc1Br. The molecule has 1 aromatic carbocycles. The highest BCUT2D eigenvalue weighted by atomic mass is 79.9. The second kappa shape index (κ2) is 6.54. The number of hydrogen-bond donors (Lipinski definition) is 1. The van der Waals surface area contributed by atoms with Crippen molar-refractivity contribution in [2.45, 2.75) is 18.8 Å². The van der Waals surface area contributed by atoms with E-state index in [0.29, 0.717) is 0 Å². The summed E-state index contributed by atoms with van der Waals surface area (Å²) in [6, 6.07) is 7.40. The molecule has 18 heavy (non-hydrogen) atoms. The molecule has 4 nitrogen and oxygen atoms in total. The van der Waals surface area contributed by atoms with E-state index < -0.39 is 5.97 Å². The molecule has 0 saturated heterocycles. The zero-order valence-corrected chi connectivity index (χ0v) is 12.0. The van der Waals surface area contributed by atoms with Gasteiger partial charge in [-0.25, -0.2) is 0 Å². The number of amides is 1.